The maximum absolute atomic E-state index is 12.1. The van der Waals surface area contributed by atoms with Crippen molar-refractivity contribution in [2.24, 2.45) is 0 Å². The summed E-state index contributed by atoms with van der Waals surface area (Å²) in [6.45, 7) is 6.21. The summed E-state index contributed by atoms with van der Waals surface area (Å²) in [5, 5.41) is 3.10. The third kappa shape index (κ3) is 5.61. The smallest absolute Gasteiger partial charge is 0.325 e. The third-order valence-corrected chi connectivity index (χ3v) is 4.12. The summed E-state index contributed by atoms with van der Waals surface area (Å²) in [5.41, 5.74) is 2.40. The quantitative estimate of drug-likeness (QED) is 0.817. The van der Waals surface area contributed by atoms with Crippen LogP contribution in [0.4, 0.5) is 0 Å². The van der Waals surface area contributed by atoms with Gasteiger partial charge >= 0.3 is 5.97 Å². The van der Waals surface area contributed by atoms with Gasteiger partial charge in [0.2, 0.25) is 0 Å². The molecule has 1 N–H and O–H groups in total. The fraction of sp³-hybridized carbons (Fsp3) is 0.300. The molecule has 4 nitrogen and oxygen atoms in total. The van der Waals surface area contributed by atoms with E-state index in [1.807, 2.05) is 18.2 Å². The van der Waals surface area contributed by atoms with Crippen LogP contribution in [-0.2, 0) is 21.6 Å². The molecule has 0 unspecified atom stereocenters. The molecule has 2 aromatic carbocycles. The lowest BCUT2D eigenvalue weighted by molar-refractivity contribution is -0.143. The van der Waals surface area contributed by atoms with Crippen molar-refractivity contribution < 1.29 is 14.3 Å². The molecule has 0 aliphatic rings. The van der Waals surface area contributed by atoms with Gasteiger partial charge in [-0.15, -0.1) is 0 Å². The molecule has 132 valence electrons. The van der Waals surface area contributed by atoms with Gasteiger partial charge in [-0.3, -0.25) is 9.59 Å². The molecule has 0 bridgehead atoms. The summed E-state index contributed by atoms with van der Waals surface area (Å²) >= 11 is 6.00. The summed E-state index contributed by atoms with van der Waals surface area (Å²) in [5.74, 6) is -0.824. The number of nitrogens with one attached hydrogen (secondary N) is 1. The number of halogens is 1. The van der Waals surface area contributed by atoms with Gasteiger partial charge in [-0.1, -0.05) is 62.7 Å². The van der Waals surface area contributed by atoms with E-state index >= 15 is 0 Å². The summed E-state index contributed by atoms with van der Waals surface area (Å²) < 4.78 is 5.12. The van der Waals surface area contributed by atoms with E-state index in [1.165, 1.54) is 0 Å². The van der Waals surface area contributed by atoms with E-state index in [-0.39, 0.29) is 24.5 Å². The zero-order valence-corrected chi connectivity index (χ0v) is 15.4. The summed E-state index contributed by atoms with van der Waals surface area (Å²) in [6, 6.07) is 14.5. The van der Waals surface area contributed by atoms with Gasteiger partial charge in [-0.05, 0) is 29.2 Å². The molecule has 0 heterocycles. The molecule has 0 aliphatic heterocycles. The van der Waals surface area contributed by atoms with Crippen LogP contribution < -0.4 is 5.32 Å². The number of carbonyl (C=O) groups is 2. The monoisotopic (exact) mass is 359 g/mol. The topological polar surface area (TPSA) is 55.4 Å². The van der Waals surface area contributed by atoms with Crippen LogP contribution in [-0.4, -0.2) is 18.4 Å². The number of benzene rings is 2. The van der Waals surface area contributed by atoms with E-state index in [1.54, 1.807) is 30.3 Å². The molecular weight excluding hydrogens is 338 g/mol. The van der Waals surface area contributed by atoms with Gasteiger partial charge in [-0.25, -0.2) is 0 Å². The van der Waals surface area contributed by atoms with Crippen molar-refractivity contribution in [2.45, 2.75) is 32.8 Å². The maximum atomic E-state index is 12.1. The Kier molecular flexibility index (Phi) is 6.21. The van der Waals surface area contributed by atoms with Crippen molar-refractivity contribution in [1.29, 1.82) is 0 Å². The van der Waals surface area contributed by atoms with Crippen LogP contribution in [0, 0.1) is 0 Å². The predicted octanol–water partition coefficient (Wildman–Crippen LogP) is 4.11. The minimum absolute atomic E-state index is 0.0253. The number of carbonyl (C=O) groups excluding carboxylic acids is 2. The SMILES string of the molecule is CC(C)(C)c1ccc(C(=O)NCC(=O)OCc2ccccc2Cl)cc1. The molecule has 2 aromatic rings. The van der Waals surface area contributed by atoms with Gasteiger partial charge in [0.1, 0.15) is 13.2 Å². The number of amides is 1. The largest absolute Gasteiger partial charge is 0.459 e. The molecule has 0 aromatic heterocycles. The summed E-state index contributed by atoms with van der Waals surface area (Å²) in [6.07, 6.45) is 0. The van der Waals surface area contributed by atoms with Crippen molar-refractivity contribution in [3.63, 3.8) is 0 Å². The third-order valence-electron chi connectivity index (χ3n) is 3.75. The van der Waals surface area contributed by atoms with Gasteiger partial charge in [0.15, 0.2) is 0 Å². The summed E-state index contributed by atoms with van der Waals surface area (Å²) in [4.78, 5) is 23.9. The van der Waals surface area contributed by atoms with Gasteiger partial charge in [0.25, 0.3) is 5.91 Å². The van der Waals surface area contributed by atoms with Crippen LogP contribution >= 0.6 is 11.6 Å². The van der Waals surface area contributed by atoms with Crippen LogP contribution in [0.5, 0.6) is 0 Å². The van der Waals surface area contributed by atoms with Crippen LogP contribution in [0.1, 0.15) is 42.3 Å². The van der Waals surface area contributed by atoms with Crippen LogP contribution in [0.25, 0.3) is 0 Å². The zero-order chi connectivity index (χ0) is 18.4. The lowest BCUT2D eigenvalue weighted by Gasteiger charge is -2.19. The van der Waals surface area contributed by atoms with Crippen LogP contribution in [0.2, 0.25) is 5.02 Å². The normalized spacial score (nSPS) is 11.0. The average Bonchev–Trinajstić information content (AvgIpc) is 2.58. The highest BCUT2D eigenvalue weighted by atomic mass is 35.5. The van der Waals surface area contributed by atoms with Crippen LogP contribution in [0.15, 0.2) is 48.5 Å². The molecule has 1 amide bonds. The number of hydrogen-bond donors (Lipinski definition) is 1. The van der Waals surface area contributed by atoms with E-state index in [2.05, 4.69) is 26.1 Å². The fourth-order valence-electron chi connectivity index (χ4n) is 2.20. The molecule has 0 saturated carbocycles. The Morgan fingerprint density at radius 1 is 1.04 bits per heavy atom. The van der Waals surface area contributed by atoms with Crippen molar-refractivity contribution in [2.75, 3.05) is 6.54 Å². The van der Waals surface area contributed by atoms with Crippen molar-refractivity contribution in [3.8, 4) is 0 Å². The van der Waals surface area contributed by atoms with E-state index < -0.39 is 5.97 Å². The van der Waals surface area contributed by atoms with Crippen LogP contribution in [0.3, 0.4) is 0 Å². The van der Waals surface area contributed by atoms with Gasteiger partial charge < -0.3 is 10.1 Å². The first-order valence-electron chi connectivity index (χ1n) is 8.05. The predicted molar refractivity (Wildman–Crippen MR) is 98.7 cm³/mol. The Hall–Kier alpha value is -2.33. The molecule has 0 radical (unpaired) electrons. The number of ether oxygens (including phenoxy) is 1. The first-order chi connectivity index (χ1) is 11.8. The first-order valence-corrected chi connectivity index (χ1v) is 8.43. The lowest BCUT2D eigenvalue weighted by Crippen LogP contribution is -2.30. The first kappa shape index (κ1) is 19.0. The van der Waals surface area contributed by atoms with Gasteiger partial charge in [0.05, 0.1) is 0 Å². The molecule has 25 heavy (non-hydrogen) atoms. The van der Waals surface area contributed by atoms with Gasteiger partial charge in [0, 0.05) is 16.1 Å². The molecule has 0 fully saturated rings. The highest BCUT2D eigenvalue weighted by molar-refractivity contribution is 6.31. The van der Waals surface area contributed by atoms with Gasteiger partial charge in [-0.2, -0.15) is 0 Å². The van der Waals surface area contributed by atoms with Crippen molar-refractivity contribution >= 4 is 23.5 Å². The number of esters is 1. The molecule has 0 aliphatic carbocycles. The molecule has 0 saturated heterocycles. The Morgan fingerprint density at radius 3 is 2.28 bits per heavy atom. The van der Waals surface area contributed by atoms with E-state index in [9.17, 15) is 9.59 Å². The standard InChI is InChI=1S/C20H22ClNO3/c1-20(2,3)16-10-8-14(9-11-16)19(24)22-12-18(23)25-13-15-6-4-5-7-17(15)21/h4-11H,12-13H2,1-3H3,(H,22,24). The maximum Gasteiger partial charge on any atom is 0.325 e. The van der Waals surface area contributed by atoms with E-state index in [0.717, 1.165) is 11.1 Å². The minimum Gasteiger partial charge on any atom is -0.459 e. The van der Waals surface area contributed by atoms with Crippen molar-refractivity contribution in [1.82, 2.24) is 5.32 Å². The number of hydrogen-bond acceptors (Lipinski definition) is 3. The Balaban J connectivity index is 1.83. The second-order valence-electron chi connectivity index (χ2n) is 6.76. The van der Waals surface area contributed by atoms with Crippen molar-refractivity contribution in [3.05, 3.63) is 70.2 Å². The van der Waals surface area contributed by atoms with E-state index in [0.29, 0.717) is 10.6 Å². The zero-order valence-electron chi connectivity index (χ0n) is 14.6. The minimum atomic E-state index is -0.514. The lowest BCUT2D eigenvalue weighted by atomic mass is 9.87. The number of rotatable bonds is 5. The second kappa shape index (κ2) is 8.17. The highest BCUT2D eigenvalue weighted by Gasteiger charge is 2.15. The Morgan fingerprint density at radius 2 is 1.68 bits per heavy atom. The second-order valence-corrected chi connectivity index (χ2v) is 7.17. The molecule has 2 rings (SSSR count). The Labute approximate surface area is 153 Å². The average molecular weight is 360 g/mol. The molecular formula is C20H22ClNO3. The van der Waals surface area contributed by atoms with E-state index in [4.69, 9.17) is 16.3 Å². The molecule has 5 heteroatoms. The highest BCUT2D eigenvalue weighted by Crippen LogP contribution is 2.22. The Bertz CT molecular complexity index is 748. The fourth-order valence-corrected chi connectivity index (χ4v) is 2.39. The molecule has 0 atom stereocenters. The summed E-state index contributed by atoms with van der Waals surface area (Å²) in [7, 11) is 0. The molecule has 0 spiro atoms.